The minimum absolute atomic E-state index is 0.248. The predicted molar refractivity (Wildman–Crippen MR) is 78.5 cm³/mol. The Balaban J connectivity index is 2.18. The van der Waals surface area contributed by atoms with Gasteiger partial charge < -0.3 is 4.74 Å². The lowest BCUT2D eigenvalue weighted by Crippen LogP contribution is -2.03. The highest BCUT2D eigenvalue weighted by molar-refractivity contribution is 6.09. The molecule has 0 fully saturated rings. The molecule has 1 heterocycles. The Hall–Kier alpha value is -2.61. The van der Waals surface area contributed by atoms with Gasteiger partial charge in [-0.1, -0.05) is 54.6 Å². The lowest BCUT2D eigenvalue weighted by Gasteiger charge is -2.10. The standard InChI is InChI=1S/C18H12O2/c19-18-16-10-9-12-5-1-3-7-14(12)17(16)15-8-4-2-6-13(15)11-20-18/h1-10H,11H2. The van der Waals surface area contributed by atoms with E-state index < -0.39 is 0 Å². The second-order valence-electron chi connectivity index (χ2n) is 4.94. The van der Waals surface area contributed by atoms with Crippen LogP contribution in [0.2, 0.25) is 0 Å². The number of esters is 1. The summed E-state index contributed by atoms with van der Waals surface area (Å²) < 4.78 is 5.37. The molecule has 96 valence electrons. The first-order valence-corrected chi connectivity index (χ1v) is 6.62. The van der Waals surface area contributed by atoms with Gasteiger partial charge in [0, 0.05) is 5.56 Å². The van der Waals surface area contributed by atoms with Crippen LogP contribution in [-0.4, -0.2) is 5.97 Å². The van der Waals surface area contributed by atoms with E-state index in [0.717, 1.165) is 27.5 Å². The minimum Gasteiger partial charge on any atom is -0.457 e. The molecule has 0 aromatic heterocycles. The first-order chi connectivity index (χ1) is 9.84. The number of cyclic esters (lactones) is 1. The summed E-state index contributed by atoms with van der Waals surface area (Å²) in [7, 11) is 0. The molecule has 1 aliphatic heterocycles. The fourth-order valence-electron chi connectivity index (χ4n) is 2.84. The summed E-state index contributed by atoms with van der Waals surface area (Å²) in [6.45, 7) is 0.331. The van der Waals surface area contributed by atoms with E-state index in [2.05, 4.69) is 18.2 Å². The molecule has 0 saturated carbocycles. The van der Waals surface area contributed by atoms with Crippen molar-refractivity contribution in [3.05, 3.63) is 71.8 Å². The van der Waals surface area contributed by atoms with Crippen LogP contribution in [0.5, 0.6) is 0 Å². The van der Waals surface area contributed by atoms with E-state index in [1.54, 1.807) is 0 Å². The van der Waals surface area contributed by atoms with Gasteiger partial charge in [0.05, 0.1) is 5.56 Å². The molecule has 2 nitrogen and oxygen atoms in total. The molecule has 0 unspecified atom stereocenters. The maximum Gasteiger partial charge on any atom is 0.339 e. The van der Waals surface area contributed by atoms with Crippen LogP contribution >= 0.6 is 0 Å². The maximum atomic E-state index is 12.2. The predicted octanol–water partition coefficient (Wildman–Crippen LogP) is 4.18. The fourth-order valence-corrected chi connectivity index (χ4v) is 2.84. The molecule has 20 heavy (non-hydrogen) atoms. The molecular formula is C18H12O2. The van der Waals surface area contributed by atoms with Crippen LogP contribution in [0.15, 0.2) is 60.7 Å². The van der Waals surface area contributed by atoms with E-state index in [0.29, 0.717) is 12.2 Å². The van der Waals surface area contributed by atoms with Gasteiger partial charge >= 0.3 is 5.97 Å². The second kappa shape index (κ2) is 4.20. The van der Waals surface area contributed by atoms with Crippen LogP contribution < -0.4 is 0 Å². The van der Waals surface area contributed by atoms with Crippen molar-refractivity contribution in [1.82, 2.24) is 0 Å². The van der Waals surface area contributed by atoms with Crippen molar-refractivity contribution in [2.75, 3.05) is 0 Å². The Kier molecular flexibility index (Phi) is 2.36. The summed E-state index contributed by atoms with van der Waals surface area (Å²) in [6, 6.07) is 20.0. The van der Waals surface area contributed by atoms with Crippen molar-refractivity contribution in [3.63, 3.8) is 0 Å². The number of rotatable bonds is 0. The first-order valence-electron chi connectivity index (χ1n) is 6.62. The van der Waals surface area contributed by atoms with Gasteiger partial charge in [-0.05, 0) is 28.0 Å². The van der Waals surface area contributed by atoms with Crippen LogP contribution in [-0.2, 0) is 11.3 Å². The van der Waals surface area contributed by atoms with Crippen LogP contribution in [0.1, 0.15) is 15.9 Å². The minimum atomic E-state index is -0.248. The number of carbonyl (C=O) groups is 1. The second-order valence-corrected chi connectivity index (χ2v) is 4.94. The van der Waals surface area contributed by atoms with E-state index in [4.69, 9.17) is 4.74 Å². The molecule has 0 atom stereocenters. The average Bonchev–Trinajstić information content (AvgIpc) is 2.65. The van der Waals surface area contributed by atoms with Gasteiger partial charge in [-0.15, -0.1) is 0 Å². The first kappa shape index (κ1) is 11.2. The van der Waals surface area contributed by atoms with Crippen LogP contribution in [0.3, 0.4) is 0 Å². The van der Waals surface area contributed by atoms with Gasteiger partial charge in [0.1, 0.15) is 6.61 Å². The third-order valence-electron chi connectivity index (χ3n) is 3.79. The van der Waals surface area contributed by atoms with Crippen molar-refractivity contribution in [2.45, 2.75) is 6.61 Å². The summed E-state index contributed by atoms with van der Waals surface area (Å²) in [5.74, 6) is -0.248. The van der Waals surface area contributed by atoms with E-state index in [-0.39, 0.29) is 5.97 Å². The zero-order chi connectivity index (χ0) is 13.5. The van der Waals surface area contributed by atoms with Crippen LogP contribution in [0.4, 0.5) is 0 Å². The molecule has 0 N–H and O–H groups in total. The van der Waals surface area contributed by atoms with Crippen molar-refractivity contribution >= 4 is 16.7 Å². The molecular weight excluding hydrogens is 248 g/mol. The molecule has 0 radical (unpaired) electrons. The molecule has 0 amide bonds. The third kappa shape index (κ3) is 1.55. The molecule has 0 bridgehead atoms. The fraction of sp³-hybridized carbons (Fsp3) is 0.0556. The summed E-state index contributed by atoms with van der Waals surface area (Å²) in [5, 5.41) is 2.23. The van der Waals surface area contributed by atoms with Gasteiger partial charge in [0.25, 0.3) is 0 Å². The van der Waals surface area contributed by atoms with E-state index in [9.17, 15) is 4.79 Å². The molecule has 3 aromatic rings. The monoisotopic (exact) mass is 260 g/mol. The van der Waals surface area contributed by atoms with Crippen molar-refractivity contribution in [2.24, 2.45) is 0 Å². The van der Waals surface area contributed by atoms with Gasteiger partial charge in [-0.3, -0.25) is 0 Å². The van der Waals surface area contributed by atoms with Crippen molar-refractivity contribution in [3.8, 4) is 11.1 Å². The Morgan fingerprint density at radius 1 is 0.800 bits per heavy atom. The molecule has 4 rings (SSSR count). The Morgan fingerprint density at radius 3 is 2.55 bits per heavy atom. The lowest BCUT2D eigenvalue weighted by molar-refractivity contribution is 0.0479. The topological polar surface area (TPSA) is 26.3 Å². The summed E-state index contributed by atoms with van der Waals surface area (Å²) >= 11 is 0. The largest absolute Gasteiger partial charge is 0.457 e. The van der Waals surface area contributed by atoms with E-state index in [1.807, 2.05) is 42.5 Å². The summed E-state index contributed by atoms with van der Waals surface area (Å²) in [4.78, 5) is 12.2. The molecule has 2 heteroatoms. The van der Waals surface area contributed by atoms with Gasteiger partial charge in [-0.25, -0.2) is 4.79 Å². The van der Waals surface area contributed by atoms with E-state index >= 15 is 0 Å². The molecule has 0 saturated heterocycles. The highest BCUT2D eigenvalue weighted by Crippen LogP contribution is 2.36. The summed E-state index contributed by atoms with van der Waals surface area (Å²) in [5.41, 5.74) is 3.77. The van der Waals surface area contributed by atoms with Crippen LogP contribution in [0, 0.1) is 0 Å². The van der Waals surface area contributed by atoms with Gasteiger partial charge in [-0.2, -0.15) is 0 Å². The highest BCUT2D eigenvalue weighted by Gasteiger charge is 2.22. The molecule has 0 aliphatic carbocycles. The average molecular weight is 260 g/mol. The number of benzene rings is 3. The normalized spacial score (nSPS) is 13.3. The maximum absolute atomic E-state index is 12.2. The smallest absolute Gasteiger partial charge is 0.339 e. The summed E-state index contributed by atoms with van der Waals surface area (Å²) in [6.07, 6.45) is 0. The Labute approximate surface area is 116 Å². The lowest BCUT2D eigenvalue weighted by atomic mass is 9.91. The quantitative estimate of drug-likeness (QED) is 0.567. The van der Waals surface area contributed by atoms with Gasteiger partial charge in [0.15, 0.2) is 0 Å². The molecule has 1 aliphatic rings. The zero-order valence-corrected chi connectivity index (χ0v) is 10.8. The van der Waals surface area contributed by atoms with Crippen molar-refractivity contribution in [1.29, 1.82) is 0 Å². The highest BCUT2D eigenvalue weighted by atomic mass is 16.5. The van der Waals surface area contributed by atoms with Crippen LogP contribution in [0.25, 0.3) is 21.9 Å². The van der Waals surface area contributed by atoms with E-state index in [1.165, 1.54) is 0 Å². The Bertz CT molecular complexity index is 834. The SMILES string of the molecule is O=C1OCc2ccccc2-c2c1ccc1ccccc21. The number of ether oxygens (including phenoxy) is 1. The zero-order valence-electron chi connectivity index (χ0n) is 10.8. The number of hydrogen-bond acceptors (Lipinski definition) is 2. The molecule has 0 spiro atoms. The Morgan fingerprint density at radius 2 is 1.60 bits per heavy atom. The van der Waals surface area contributed by atoms with Crippen molar-refractivity contribution < 1.29 is 9.53 Å². The van der Waals surface area contributed by atoms with Gasteiger partial charge in [0.2, 0.25) is 0 Å². The number of fused-ring (bicyclic) bond motifs is 5. The number of hydrogen-bond donors (Lipinski definition) is 0. The third-order valence-corrected chi connectivity index (χ3v) is 3.79. The number of carbonyl (C=O) groups excluding carboxylic acids is 1. The molecule has 3 aromatic carbocycles.